The van der Waals surface area contributed by atoms with Gasteiger partial charge in [0.15, 0.2) is 17.2 Å². The van der Waals surface area contributed by atoms with Crippen molar-refractivity contribution in [3.8, 4) is 11.5 Å². The van der Waals surface area contributed by atoms with Crippen LogP contribution in [0, 0.1) is 0 Å². The summed E-state index contributed by atoms with van der Waals surface area (Å²) in [5.41, 5.74) is 2.70. The summed E-state index contributed by atoms with van der Waals surface area (Å²) in [6.07, 6.45) is 2.97. The van der Waals surface area contributed by atoms with Gasteiger partial charge in [0.25, 0.3) is 0 Å². The van der Waals surface area contributed by atoms with E-state index in [-0.39, 0.29) is 28.5 Å². The van der Waals surface area contributed by atoms with Gasteiger partial charge in [0.05, 0.1) is 13.4 Å². The number of esters is 2. The second-order valence-electron chi connectivity index (χ2n) is 8.44. The number of cyclic esters (lactones) is 1. The number of carbonyl (C=O) groups excluding carboxylic acids is 2. The lowest BCUT2D eigenvalue weighted by molar-refractivity contribution is -0.129. The molecule has 0 N–H and O–H groups in total. The van der Waals surface area contributed by atoms with Crippen LogP contribution < -0.4 is 9.47 Å². The third-order valence-corrected chi connectivity index (χ3v) is 5.03. The van der Waals surface area contributed by atoms with E-state index in [1.165, 1.54) is 25.0 Å². The first-order valence-corrected chi connectivity index (χ1v) is 10.3. The molecule has 1 aliphatic rings. The molecule has 7 nitrogen and oxygen atoms in total. The van der Waals surface area contributed by atoms with Crippen molar-refractivity contribution in [1.29, 1.82) is 0 Å². The van der Waals surface area contributed by atoms with Gasteiger partial charge in [0.1, 0.15) is 0 Å². The molecule has 0 radical (unpaired) electrons. The molecule has 0 unspecified atom stereocenters. The smallest absolute Gasteiger partial charge is 0.379 e. The maximum absolute atomic E-state index is 12.4. The minimum atomic E-state index is -0.643. The maximum atomic E-state index is 12.4. The van der Waals surface area contributed by atoms with Gasteiger partial charge in [0, 0.05) is 5.56 Å². The number of rotatable bonds is 5. The fraction of sp³-hybridized carbons (Fsp3) is 0.192. The van der Waals surface area contributed by atoms with Crippen LogP contribution in [0.4, 0.5) is 0 Å². The van der Waals surface area contributed by atoms with E-state index in [0.29, 0.717) is 11.3 Å². The monoisotopic (exact) mass is 445 g/mol. The molecule has 0 spiro atoms. The van der Waals surface area contributed by atoms with Crippen molar-refractivity contribution >= 4 is 23.9 Å². The average Bonchev–Trinajstić information content (AvgIpc) is 3.45. The lowest BCUT2D eigenvalue weighted by atomic mass is 9.87. The molecule has 0 bridgehead atoms. The third-order valence-electron chi connectivity index (χ3n) is 5.03. The summed E-state index contributed by atoms with van der Waals surface area (Å²) < 4.78 is 21.1. The number of aliphatic imine (C=N–C) groups is 1. The van der Waals surface area contributed by atoms with Gasteiger partial charge in [-0.25, -0.2) is 14.6 Å². The van der Waals surface area contributed by atoms with E-state index >= 15 is 0 Å². The Bertz CT molecular complexity index is 1240. The van der Waals surface area contributed by atoms with E-state index in [9.17, 15) is 9.59 Å². The molecule has 0 saturated carbocycles. The maximum Gasteiger partial charge on any atom is 0.379 e. The number of furan rings is 1. The Balaban J connectivity index is 1.56. The number of ether oxygens (including phenoxy) is 3. The molecule has 1 aliphatic heterocycles. The molecule has 33 heavy (non-hydrogen) atoms. The molecular formula is C26H23NO6. The zero-order valence-corrected chi connectivity index (χ0v) is 18.7. The van der Waals surface area contributed by atoms with Gasteiger partial charge in [0.2, 0.25) is 11.7 Å². The fourth-order valence-electron chi connectivity index (χ4n) is 3.21. The van der Waals surface area contributed by atoms with Crippen LogP contribution in [0.25, 0.3) is 6.08 Å². The molecule has 3 aromatic rings. The summed E-state index contributed by atoms with van der Waals surface area (Å²) in [6, 6.07) is 15.8. The van der Waals surface area contributed by atoms with Crippen LogP contribution in [0.2, 0.25) is 0 Å². The summed E-state index contributed by atoms with van der Waals surface area (Å²) in [6.45, 7) is 6.40. The molecule has 0 fully saturated rings. The summed E-state index contributed by atoms with van der Waals surface area (Å²) in [7, 11) is 1.46. The van der Waals surface area contributed by atoms with E-state index in [2.05, 4.69) is 25.8 Å². The van der Waals surface area contributed by atoms with E-state index in [1.54, 1.807) is 30.3 Å². The van der Waals surface area contributed by atoms with Crippen molar-refractivity contribution in [2.24, 2.45) is 4.99 Å². The van der Waals surface area contributed by atoms with Crippen LogP contribution in [-0.4, -0.2) is 24.9 Å². The second-order valence-corrected chi connectivity index (χ2v) is 8.44. The molecular weight excluding hydrogens is 422 g/mol. The highest BCUT2D eigenvalue weighted by Crippen LogP contribution is 2.31. The first kappa shape index (κ1) is 22.1. The number of hydrogen-bond acceptors (Lipinski definition) is 7. The molecule has 168 valence electrons. The minimum Gasteiger partial charge on any atom is -0.493 e. The number of benzene rings is 2. The largest absolute Gasteiger partial charge is 0.493 e. The normalized spacial score (nSPS) is 14.7. The van der Waals surface area contributed by atoms with E-state index in [0.717, 1.165) is 5.56 Å². The molecule has 2 heterocycles. The molecule has 0 atom stereocenters. The van der Waals surface area contributed by atoms with Crippen LogP contribution in [0.15, 0.2) is 76.0 Å². The molecule has 0 saturated heterocycles. The molecule has 1 aromatic heterocycles. The Labute approximate surface area is 191 Å². The molecule has 0 amide bonds. The van der Waals surface area contributed by atoms with Gasteiger partial charge in [-0.15, -0.1) is 0 Å². The highest BCUT2D eigenvalue weighted by Gasteiger charge is 2.25. The second kappa shape index (κ2) is 8.78. The highest BCUT2D eigenvalue weighted by molar-refractivity contribution is 6.12. The molecule has 7 heteroatoms. The van der Waals surface area contributed by atoms with Crippen molar-refractivity contribution in [3.05, 3.63) is 89.0 Å². The Hall–Kier alpha value is -4.13. The quantitative estimate of drug-likeness (QED) is 0.307. The average molecular weight is 445 g/mol. The Kier molecular flexibility index (Phi) is 5.87. The van der Waals surface area contributed by atoms with Gasteiger partial charge in [-0.05, 0) is 59.0 Å². The number of hydrogen-bond donors (Lipinski definition) is 0. The fourth-order valence-corrected chi connectivity index (χ4v) is 3.21. The summed E-state index contributed by atoms with van der Waals surface area (Å²) >= 11 is 0. The van der Waals surface area contributed by atoms with Crippen LogP contribution >= 0.6 is 0 Å². The van der Waals surface area contributed by atoms with E-state index in [4.69, 9.17) is 18.6 Å². The van der Waals surface area contributed by atoms with Crippen LogP contribution in [0.1, 0.15) is 48.0 Å². The SMILES string of the molecule is COc1cc(/C=C2/N=C(c3ccc(C(C)(C)C)cc3)OC2=O)ccc1OC(=O)c1ccco1. The first-order chi connectivity index (χ1) is 15.7. The van der Waals surface area contributed by atoms with Crippen LogP contribution in [0.3, 0.4) is 0 Å². The van der Waals surface area contributed by atoms with E-state index < -0.39 is 11.9 Å². The van der Waals surface area contributed by atoms with Crippen molar-refractivity contribution in [2.45, 2.75) is 26.2 Å². The number of carbonyl (C=O) groups is 2. The lowest BCUT2D eigenvalue weighted by Crippen LogP contribution is -2.11. The molecule has 2 aromatic carbocycles. The minimum absolute atomic E-state index is 0.0231. The van der Waals surface area contributed by atoms with Gasteiger partial charge < -0.3 is 18.6 Å². The van der Waals surface area contributed by atoms with Gasteiger partial charge in [-0.3, -0.25) is 0 Å². The lowest BCUT2D eigenvalue weighted by Gasteiger charge is -2.18. The highest BCUT2D eigenvalue weighted by atomic mass is 16.6. The summed E-state index contributed by atoms with van der Waals surface area (Å²) in [5.74, 6) is -0.319. The van der Waals surface area contributed by atoms with Gasteiger partial charge in [-0.1, -0.05) is 39.0 Å². The van der Waals surface area contributed by atoms with Crippen molar-refractivity contribution in [1.82, 2.24) is 0 Å². The zero-order chi connectivity index (χ0) is 23.6. The topological polar surface area (TPSA) is 87.3 Å². The summed E-state index contributed by atoms with van der Waals surface area (Å²) in [5, 5.41) is 0. The third kappa shape index (κ3) is 4.87. The van der Waals surface area contributed by atoms with Crippen molar-refractivity contribution in [3.63, 3.8) is 0 Å². The predicted molar refractivity (Wildman–Crippen MR) is 122 cm³/mol. The Morgan fingerprint density at radius 3 is 2.42 bits per heavy atom. The number of nitrogens with zero attached hydrogens (tertiary/aromatic N) is 1. The first-order valence-electron chi connectivity index (χ1n) is 10.3. The van der Waals surface area contributed by atoms with Crippen molar-refractivity contribution < 1.29 is 28.2 Å². The van der Waals surface area contributed by atoms with Gasteiger partial charge in [-0.2, -0.15) is 0 Å². The van der Waals surface area contributed by atoms with Crippen LogP contribution in [0.5, 0.6) is 11.5 Å². The molecule has 4 rings (SSSR count). The molecule has 0 aliphatic carbocycles. The van der Waals surface area contributed by atoms with Crippen molar-refractivity contribution in [2.75, 3.05) is 7.11 Å². The Morgan fingerprint density at radius 1 is 1.03 bits per heavy atom. The van der Waals surface area contributed by atoms with E-state index in [1.807, 2.05) is 24.3 Å². The zero-order valence-electron chi connectivity index (χ0n) is 18.7. The predicted octanol–water partition coefficient (Wildman–Crippen LogP) is 5.15. The summed E-state index contributed by atoms with van der Waals surface area (Å²) in [4.78, 5) is 28.9. The van der Waals surface area contributed by atoms with Crippen LogP contribution in [-0.2, 0) is 14.9 Å². The van der Waals surface area contributed by atoms with Gasteiger partial charge >= 0.3 is 11.9 Å². The number of methoxy groups -OCH3 is 1. The standard InChI is InChI=1S/C26H23NO6/c1-26(2,3)18-10-8-17(9-11-18)23-27-19(24(28)33-23)14-16-7-12-20(22(15-16)30-4)32-25(29)21-6-5-13-31-21/h5-15H,1-4H3/b19-14+. The Morgan fingerprint density at radius 2 is 1.79 bits per heavy atom.